The second kappa shape index (κ2) is 8.89. The quantitative estimate of drug-likeness (QED) is 0.163. The number of hydrogen-bond acceptors (Lipinski definition) is 6. The number of thioether (sulfide) groups is 2. The van der Waals surface area contributed by atoms with Crippen molar-refractivity contribution in [1.82, 2.24) is 15.0 Å². The summed E-state index contributed by atoms with van der Waals surface area (Å²) in [6.45, 7) is 4.51. The minimum absolute atomic E-state index is 0.434. The lowest BCUT2D eigenvalue weighted by molar-refractivity contribution is 0.667. The second-order valence-corrected chi connectivity index (χ2v) is 11.3. The molecule has 0 amide bonds. The lowest BCUT2D eigenvalue weighted by Crippen LogP contribution is -2.10. The minimum Gasteiger partial charge on any atom is -0.241 e. The number of thiophene rings is 1. The summed E-state index contributed by atoms with van der Waals surface area (Å²) in [5.41, 5.74) is 6.45. The fourth-order valence-corrected chi connectivity index (χ4v) is 7.31. The second-order valence-electron chi connectivity index (χ2n) is 8.17. The fourth-order valence-electron chi connectivity index (χ4n) is 4.34. The first kappa shape index (κ1) is 21.5. The molecule has 0 saturated heterocycles. The fraction of sp³-hybridized carbons (Fsp3) is 0.375. The first-order valence-electron chi connectivity index (χ1n) is 10.6. The maximum absolute atomic E-state index is 6.40. The van der Waals surface area contributed by atoms with Gasteiger partial charge in [0.25, 0.3) is 0 Å². The molecule has 0 bridgehead atoms. The van der Waals surface area contributed by atoms with Gasteiger partial charge in [0, 0.05) is 21.9 Å². The predicted octanol–water partition coefficient (Wildman–Crippen LogP) is 7.91. The number of aromatic nitrogens is 3. The van der Waals surface area contributed by atoms with Gasteiger partial charge in [0.15, 0.2) is 5.16 Å². The van der Waals surface area contributed by atoms with Crippen molar-refractivity contribution >= 4 is 66.9 Å². The molecule has 0 saturated carbocycles. The Morgan fingerprint density at radius 2 is 1.84 bits per heavy atom. The smallest absolute Gasteiger partial charge is 0.189 e. The van der Waals surface area contributed by atoms with E-state index in [9.17, 15) is 0 Å². The van der Waals surface area contributed by atoms with E-state index in [1.807, 2.05) is 24.5 Å². The molecule has 3 aromatic heterocycles. The number of aryl methyl sites for hydroxylation is 1. The zero-order valence-corrected chi connectivity index (χ0v) is 21.1. The molecule has 7 heteroatoms. The number of rotatable bonds is 5. The lowest BCUT2D eigenvalue weighted by Gasteiger charge is -2.21. The largest absolute Gasteiger partial charge is 0.241 e. The van der Waals surface area contributed by atoms with Crippen molar-refractivity contribution in [3.05, 3.63) is 51.7 Å². The molecule has 0 N–H and O–H groups in total. The summed E-state index contributed by atoms with van der Waals surface area (Å²) in [6, 6.07) is 8.04. The zero-order chi connectivity index (χ0) is 21.5. The van der Waals surface area contributed by atoms with Gasteiger partial charge < -0.3 is 0 Å². The van der Waals surface area contributed by atoms with Gasteiger partial charge in [-0.3, -0.25) is 0 Å². The Morgan fingerprint density at radius 3 is 2.58 bits per heavy atom. The molecule has 160 valence electrons. The number of nitrogens with zero attached hydrogens (tertiary/aromatic N) is 3. The molecular formula is C24H24ClN3S3. The van der Waals surface area contributed by atoms with E-state index in [2.05, 4.69) is 19.9 Å². The molecule has 0 atom stereocenters. The van der Waals surface area contributed by atoms with E-state index in [-0.39, 0.29) is 0 Å². The predicted molar refractivity (Wildman–Crippen MR) is 136 cm³/mol. The molecule has 0 spiro atoms. The molecule has 3 heterocycles. The average molecular weight is 486 g/mol. The highest BCUT2D eigenvalue weighted by atomic mass is 35.5. The van der Waals surface area contributed by atoms with Crippen molar-refractivity contribution in [3.8, 4) is 0 Å². The van der Waals surface area contributed by atoms with Crippen LogP contribution in [0.4, 0.5) is 0 Å². The van der Waals surface area contributed by atoms with Crippen molar-refractivity contribution in [1.29, 1.82) is 0 Å². The number of fused-ring (bicyclic) bond motifs is 5. The van der Waals surface area contributed by atoms with Crippen molar-refractivity contribution < 1.29 is 0 Å². The number of pyridine rings is 1. The maximum Gasteiger partial charge on any atom is 0.189 e. The van der Waals surface area contributed by atoms with E-state index >= 15 is 0 Å². The molecule has 0 aliphatic heterocycles. The highest BCUT2D eigenvalue weighted by Crippen LogP contribution is 2.43. The third-order valence-corrected chi connectivity index (χ3v) is 8.97. The van der Waals surface area contributed by atoms with Crippen LogP contribution in [-0.4, -0.2) is 21.2 Å². The van der Waals surface area contributed by atoms with Gasteiger partial charge in [0.05, 0.1) is 10.2 Å². The topological polar surface area (TPSA) is 38.7 Å². The maximum atomic E-state index is 6.40. The normalized spacial score (nSPS) is 14.0. The van der Waals surface area contributed by atoms with Crippen LogP contribution in [0.15, 0.2) is 34.4 Å². The summed E-state index contributed by atoms with van der Waals surface area (Å²) in [5, 5.41) is 3.94. The molecule has 3 nitrogen and oxygen atoms in total. The molecule has 0 radical (unpaired) electrons. The van der Waals surface area contributed by atoms with E-state index < -0.39 is 0 Å². The van der Waals surface area contributed by atoms with Gasteiger partial charge >= 0.3 is 0 Å². The third kappa shape index (κ3) is 3.97. The molecule has 4 aromatic rings. The van der Waals surface area contributed by atoms with Crippen LogP contribution in [0.1, 0.15) is 55.0 Å². The summed E-state index contributed by atoms with van der Waals surface area (Å²) in [7, 11) is 0. The Bertz CT molecular complexity index is 1280. The molecule has 5 rings (SSSR count). The van der Waals surface area contributed by atoms with Crippen molar-refractivity contribution in [2.24, 2.45) is 0 Å². The van der Waals surface area contributed by atoms with Crippen LogP contribution in [0, 0.1) is 0 Å². The molecule has 1 aliphatic rings. The molecular weight excluding hydrogens is 462 g/mol. The van der Waals surface area contributed by atoms with E-state index in [4.69, 9.17) is 26.6 Å². The van der Waals surface area contributed by atoms with Crippen LogP contribution in [0.3, 0.4) is 0 Å². The number of benzene rings is 1. The van der Waals surface area contributed by atoms with Crippen molar-refractivity contribution in [2.75, 3.05) is 6.26 Å². The summed E-state index contributed by atoms with van der Waals surface area (Å²) in [5.74, 6) is 1.22. The van der Waals surface area contributed by atoms with Crippen LogP contribution in [0.25, 0.3) is 20.4 Å². The third-order valence-electron chi connectivity index (χ3n) is 5.82. The monoisotopic (exact) mass is 485 g/mol. The first-order chi connectivity index (χ1) is 15.1. The molecule has 1 aliphatic carbocycles. The summed E-state index contributed by atoms with van der Waals surface area (Å²) in [4.78, 5) is 16.1. The molecule has 31 heavy (non-hydrogen) atoms. The standard InChI is InChI=1S/C24H24ClN3S3/c1-13(2)19-16-10-6-5-9-15(16)18-20-21(31-22(18)26-19)23(28-24(27-20)29-3)30-12-14-8-4-7-11-17(14)25/h4,7-8,11,13H,5-6,9-10,12H2,1-3H3. The van der Waals surface area contributed by atoms with Crippen LogP contribution in [-0.2, 0) is 18.6 Å². The van der Waals surface area contributed by atoms with Gasteiger partial charge in [0.1, 0.15) is 9.86 Å². The summed E-state index contributed by atoms with van der Waals surface area (Å²) >= 11 is 11.5. The zero-order valence-electron chi connectivity index (χ0n) is 17.9. The lowest BCUT2D eigenvalue weighted by atomic mass is 9.86. The number of halogens is 1. The van der Waals surface area contributed by atoms with Gasteiger partial charge in [-0.2, -0.15) is 0 Å². The Labute approximate surface area is 200 Å². The van der Waals surface area contributed by atoms with Crippen LogP contribution in [0.2, 0.25) is 5.02 Å². The van der Waals surface area contributed by atoms with Crippen molar-refractivity contribution in [3.63, 3.8) is 0 Å². The van der Waals surface area contributed by atoms with Gasteiger partial charge in [-0.05, 0) is 60.6 Å². The molecule has 1 aromatic carbocycles. The highest BCUT2D eigenvalue weighted by molar-refractivity contribution is 7.99. The SMILES string of the molecule is CSc1nc(SCc2ccccc2Cl)c2sc3nc(C(C)C)c4c(c3c2n1)CCCC4. The average Bonchev–Trinajstić information content (AvgIpc) is 3.16. The van der Waals surface area contributed by atoms with E-state index in [1.54, 1.807) is 34.9 Å². The Hall–Kier alpha value is -1.34. The van der Waals surface area contributed by atoms with Gasteiger partial charge in [-0.1, -0.05) is 67.2 Å². The first-order valence-corrected chi connectivity index (χ1v) is 14.0. The van der Waals surface area contributed by atoms with Gasteiger partial charge in [0.2, 0.25) is 0 Å². The number of hydrogen-bond donors (Lipinski definition) is 0. The summed E-state index contributed by atoms with van der Waals surface area (Å²) < 4.78 is 1.16. The van der Waals surface area contributed by atoms with Crippen LogP contribution in [0.5, 0.6) is 0 Å². The highest BCUT2D eigenvalue weighted by Gasteiger charge is 2.25. The van der Waals surface area contributed by atoms with Crippen LogP contribution < -0.4 is 0 Å². The minimum atomic E-state index is 0.434. The van der Waals surface area contributed by atoms with Gasteiger partial charge in [-0.25, -0.2) is 15.0 Å². The summed E-state index contributed by atoms with van der Waals surface area (Å²) in [6.07, 6.45) is 6.81. The van der Waals surface area contributed by atoms with Crippen LogP contribution >= 0.6 is 46.5 Å². The Morgan fingerprint density at radius 1 is 1.06 bits per heavy atom. The van der Waals surface area contributed by atoms with E-state index in [0.29, 0.717) is 5.92 Å². The van der Waals surface area contributed by atoms with Gasteiger partial charge in [-0.15, -0.1) is 11.3 Å². The van der Waals surface area contributed by atoms with Crippen molar-refractivity contribution in [2.45, 2.75) is 61.4 Å². The Kier molecular flexibility index (Phi) is 6.17. The Balaban J connectivity index is 1.70. The van der Waals surface area contributed by atoms with E-state index in [1.165, 1.54) is 35.0 Å². The van der Waals surface area contributed by atoms with E-state index in [0.717, 1.165) is 54.4 Å². The molecule has 0 unspecified atom stereocenters. The molecule has 0 fully saturated rings.